The number of likely N-dealkylation sites (tertiary alicyclic amines) is 1. The minimum Gasteiger partial charge on any atom is -0.473 e. The summed E-state index contributed by atoms with van der Waals surface area (Å²) in [4.78, 5) is 18.1. The minimum absolute atomic E-state index is 0.0262. The molecule has 6 heteroatoms. The molecule has 1 fully saturated rings. The quantitative estimate of drug-likeness (QED) is 0.511. The molecular weight excluding hydrogens is 338 g/mol. The summed E-state index contributed by atoms with van der Waals surface area (Å²) in [6.45, 7) is 4.27. The van der Waals surface area contributed by atoms with Crippen LogP contribution in [0.1, 0.15) is 37.7 Å². The third-order valence-corrected chi connectivity index (χ3v) is 4.37. The van der Waals surface area contributed by atoms with Crippen molar-refractivity contribution in [3.05, 3.63) is 36.0 Å². The van der Waals surface area contributed by atoms with Gasteiger partial charge in [-0.1, -0.05) is 12.5 Å². The lowest BCUT2D eigenvalue weighted by Crippen LogP contribution is -2.29. The number of ether oxygens (including phenoxy) is 1. The molecule has 1 aromatic heterocycles. The molecule has 1 amide bonds. The molecule has 1 saturated heterocycles. The number of pyridine rings is 1. The van der Waals surface area contributed by atoms with Gasteiger partial charge in [0.1, 0.15) is 6.61 Å². The van der Waals surface area contributed by atoms with Crippen LogP contribution in [0.4, 0.5) is 0 Å². The summed E-state index contributed by atoms with van der Waals surface area (Å²) >= 11 is 5.55. The highest BCUT2D eigenvalue weighted by atomic mass is 35.5. The molecular formula is C19H28ClN3O2. The van der Waals surface area contributed by atoms with E-state index in [-0.39, 0.29) is 5.91 Å². The maximum absolute atomic E-state index is 11.4. The van der Waals surface area contributed by atoms with Crippen LogP contribution in [0.5, 0.6) is 5.88 Å². The van der Waals surface area contributed by atoms with Crippen molar-refractivity contribution in [1.29, 1.82) is 0 Å². The van der Waals surface area contributed by atoms with E-state index in [0.29, 0.717) is 37.8 Å². The third-order valence-electron chi connectivity index (χ3n) is 4.10. The number of carbonyl (C=O) groups is 1. The van der Waals surface area contributed by atoms with Gasteiger partial charge in [-0.25, -0.2) is 4.98 Å². The Labute approximate surface area is 155 Å². The molecule has 0 unspecified atom stereocenters. The Bertz CT molecular complexity index is 545. The zero-order valence-corrected chi connectivity index (χ0v) is 15.5. The maximum Gasteiger partial charge on any atom is 0.220 e. The summed E-state index contributed by atoms with van der Waals surface area (Å²) in [5.74, 6) is 1.18. The molecule has 1 aromatic rings. The zero-order chi connectivity index (χ0) is 17.7. The smallest absolute Gasteiger partial charge is 0.220 e. The van der Waals surface area contributed by atoms with E-state index in [0.717, 1.165) is 6.54 Å². The summed E-state index contributed by atoms with van der Waals surface area (Å²) in [5, 5.41) is 2.81. The van der Waals surface area contributed by atoms with E-state index in [2.05, 4.69) is 15.2 Å². The number of hydrogen-bond donors (Lipinski definition) is 1. The van der Waals surface area contributed by atoms with E-state index in [4.69, 9.17) is 16.3 Å². The first-order chi connectivity index (χ1) is 12.3. The number of nitrogens with one attached hydrogen (secondary N) is 1. The number of nitrogens with zero attached hydrogens (tertiary/aromatic N) is 2. The number of carbonyl (C=O) groups excluding carboxylic acids is 1. The van der Waals surface area contributed by atoms with Gasteiger partial charge in [-0.2, -0.15) is 0 Å². The average Bonchev–Trinajstić information content (AvgIpc) is 2.64. The van der Waals surface area contributed by atoms with Crippen molar-refractivity contribution in [1.82, 2.24) is 15.2 Å². The van der Waals surface area contributed by atoms with Gasteiger partial charge in [-0.05, 0) is 50.1 Å². The number of aromatic nitrogens is 1. The van der Waals surface area contributed by atoms with Gasteiger partial charge in [0, 0.05) is 37.7 Å². The number of rotatable bonds is 10. The van der Waals surface area contributed by atoms with Gasteiger partial charge in [0.2, 0.25) is 11.8 Å². The molecule has 1 aliphatic heterocycles. The van der Waals surface area contributed by atoms with Gasteiger partial charge in [-0.3, -0.25) is 9.69 Å². The molecule has 0 aliphatic carbocycles. The second-order valence-corrected chi connectivity index (χ2v) is 6.60. The fourth-order valence-corrected chi connectivity index (χ4v) is 2.91. The van der Waals surface area contributed by atoms with Gasteiger partial charge < -0.3 is 10.1 Å². The first kappa shape index (κ1) is 19.7. The van der Waals surface area contributed by atoms with Crippen molar-refractivity contribution in [2.75, 3.05) is 32.1 Å². The topological polar surface area (TPSA) is 54.5 Å². The highest BCUT2D eigenvalue weighted by molar-refractivity contribution is 6.17. The van der Waals surface area contributed by atoms with Crippen LogP contribution >= 0.6 is 11.6 Å². The number of halogens is 1. The molecule has 25 heavy (non-hydrogen) atoms. The molecule has 2 heterocycles. The van der Waals surface area contributed by atoms with Crippen molar-refractivity contribution in [3.8, 4) is 5.88 Å². The minimum atomic E-state index is 0.0262. The number of hydrogen-bond acceptors (Lipinski definition) is 4. The fraction of sp³-hybridized carbons (Fsp3) is 0.579. The number of amides is 1. The Morgan fingerprint density at radius 1 is 1.32 bits per heavy atom. The van der Waals surface area contributed by atoms with Gasteiger partial charge in [0.05, 0.1) is 0 Å². The monoisotopic (exact) mass is 365 g/mol. The molecule has 0 atom stereocenters. The second kappa shape index (κ2) is 11.9. The van der Waals surface area contributed by atoms with Crippen LogP contribution in [0.15, 0.2) is 30.5 Å². The van der Waals surface area contributed by atoms with Crippen LogP contribution in [0.3, 0.4) is 0 Å². The first-order valence-corrected chi connectivity index (χ1v) is 9.59. The molecule has 0 saturated carbocycles. The number of piperidine rings is 1. The lowest BCUT2D eigenvalue weighted by Gasteiger charge is -2.26. The Kier molecular flexibility index (Phi) is 9.37. The molecule has 1 aliphatic rings. The normalized spacial score (nSPS) is 15.4. The Balaban J connectivity index is 1.65. The van der Waals surface area contributed by atoms with E-state index >= 15 is 0 Å². The number of alkyl halides is 1. The average molecular weight is 366 g/mol. The van der Waals surface area contributed by atoms with E-state index in [1.165, 1.54) is 37.9 Å². The van der Waals surface area contributed by atoms with Gasteiger partial charge in [0.25, 0.3) is 0 Å². The van der Waals surface area contributed by atoms with Crippen LogP contribution in [-0.2, 0) is 11.3 Å². The largest absolute Gasteiger partial charge is 0.473 e. The lowest BCUT2D eigenvalue weighted by molar-refractivity contribution is -0.120. The molecule has 0 bridgehead atoms. The van der Waals surface area contributed by atoms with Crippen molar-refractivity contribution >= 4 is 17.5 Å². The molecule has 0 aromatic carbocycles. The molecule has 5 nitrogen and oxygen atoms in total. The standard InChI is InChI=1S/C19H28ClN3O2/c20-9-6-7-18(24)21-10-2-5-14-25-19-15-17(8-11-22-19)16-23-12-3-1-4-13-23/h2,5,8,11,15H,1,3-4,6-7,9-10,12-14,16H2,(H,21,24). The van der Waals surface area contributed by atoms with Gasteiger partial charge in [0.15, 0.2) is 0 Å². The summed E-state index contributed by atoms with van der Waals surface area (Å²) in [6, 6.07) is 4.06. The van der Waals surface area contributed by atoms with E-state index in [9.17, 15) is 4.79 Å². The Hall–Kier alpha value is -1.59. The lowest BCUT2D eigenvalue weighted by atomic mass is 10.1. The fourth-order valence-electron chi connectivity index (χ4n) is 2.78. The Morgan fingerprint density at radius 2 is 2.16 bits per heavy atom. The molecule has 1 N–H and O–H groups in total. The highest BCUT2D eigenvalue weighted by Gasteiger charge is 2.10. The SMILES string of the molecule is O=C(CCCCl)NCC=CCOc1cc(CN2CCCCC2)ccn1. The van der Waals surface area contributed by atoms with Crippen LogP contribution in [0, 0.1) is 0 Å². The summed E-state index contributed by atoms with van der Waals surface area (Å²) < 4.78 is 5.66. The summed E-state index contributed by atoms with van der Waals surface area (Å²) in [6.07, 6.45) is 10.7. The third kappa shape index (κ3) is 8.36. The van der Waals surface area contributed by atoms with E-state index in [1.807, 2.05) is 24.3 Å². The molecule has 2 rings (SSSR count). The first-order valence-electron chi connectivity index (χ1n) is 9.05. The van der Waals surface area contributed by atoms with Crippen LogP contribution in [0.2, 0.25) is 0 Å². The maximum atomic E-state index is 11.4. The van der Waals surface area contributed by atoms with Crippen molar-refractivity contribution in [3.63, 3.8) is 0 Å². The molecule has 138 valence electrons. The predicted octanol–water partition coefficient (Wildman–Crippen LogP) is 3.14. The highest BCUT2D eigenvalue weighted by Crippen LogP contribution is 2.15. The van der Waals surface area contributed by atoms with Crippen LogP contribution in [-0.4, -0.2) is 47.9 Å². The van der Waals surface area contributed by atoms with Crippen molar-refractivity contribution in [2.45, 2.75) is 38.6 Å². The molecule has 0 radical (unpaired) electrons. The summed E-state index contributed by atoms with van der Waals surface area (Å²) in [7, 11) is 0. The van der Waals surface area contributed by atoms with Crippen LogP contribution in [0.25, 0.3) is 0 Å². The van der Waals surface area contributed by atoms with Crippen molar-refractivity contribution in [2.24, 2.45) is 0 Å². The van der Waals surface area contributed by atoms with Gasteiger partial charge >= 0.3 is 0 Å². The zero-order valence-electron chi connectivity index (χ0n) is 14.8. The van der Waals surface area contributed by atoms with Gasteiger partial charge in [-0.15, -0.1) is 11.6 Å². The second-order valence-electron chi connectivity index (χ2n) is 6.22. The Morgan fingerprint density at radius 3 is 2.96 bits per heavy atom. The van der Waals surface area contributed by atoms with Crippen LogP contribution < -0.4 is 10.1 Å². The molecule has 0 spiro atoms. The van der Waals surface area contributed by atoms with Crippen molar-refractivity contribution < 1.29 is 9.53 Å². The predicted molar refractivity (Wildman–Crippen MR) is 101 cm³/mol. The van der Waals surface area contributed by atoms with E-state index in [1.54, 1.807) is 6.20 Å². The summed E-state index contributed by atoms with van der Waals surface area (Å²) in [5.41, 5.74) is 1.24. The van der Waals surface area contributed by atoms with E-state index < -0.39 is 0 Å².